The summed E-state index contributed by atoms with van der Waals surface area (Å²) >= 11 is 5.96. The van der Waals surface area contributed by atoms with Crippen LogP contribution in [0.5, 0.6) is 5.75 Å². The molecule has 0 saturated carbocycles. The summed E-state index contributed by atoms with van der Waals surface area (Å²) in [6.45, 7) is 2.79. The van der Waals surface area contributed by atoms with Gasteiger partial charge in [0.25, 0.3) is 0 Å². The number of rotatable bonds is 6. The fourth-order valence-electron chi connectivity index (χ4n) is 1.56. The summed E-state index contributed by atoms with van der Waals surface area (Å²) < 4.78 is 5.15. The molecular weight excluding hydrogens is 252 g/mol. The number of para-hydroxylation sites is 1. The number of amides is 2. The number of carbonyl (C=O) groups is 1. The highest BCUT2D eigenvalue weighted by Crippen LogP contribution is 2.32. The lowest BCUT2D eigenvalue weighted by Gasteiger charge is -2.12. The Hall–Kier alpha value is -1.42. The third-order valence-electron chi connectivity index (χ3n) is 2.49. The smallest absolute Gasteiger partial charge is 0.319 e. The topological polar surface area (TPSA) is 50.4 Å². The molecular formula is C13H19ClN2O2. The molecule has 0 bridgehead atoms. The van der Waals surface area contributed by atoms with E-state index in [2.05, 4.69) is 17.6 Å². The minimum absolute atomic E-state index is 0.244. The summed E-state index contributed by atoms with van der Waals surface area (Å²) in [5.74, 6) is 0.475. The van der Waals surface area contributed by atoms with Crippen molar-refractivity contribution in [3.8, 4) is 5.75 Å². The van der Waals surface area contributed by atoms with Gasteiger partial charge >= 0.3 is 6.03 Å². The van der Waals surface area contributed by atoms with Gasteiger partial charge in [-0.3, -0.25) is 0 Å². The minimum Gasteiger partial charge on any atom is -0.493 e. The number of benzene rings is 1. The highest BCUT2D eigenvalue weighted by atomic mass is 35.5. The number of methoxy groups -OCH3 is 1. The molecule has 0 atom stereocenters. The molecule has 0 aliphatic carbocycles. The van der Waals surface area contributed by atoms with E-state index in [1.165, 1.54) is 7.11 Å². The highest BCUT2D eigenvalue weighted by Gasteiger charge is 2.09. The Kier molecular flexibility index (Phi) is 6.36. The Morgan fingerprint density at radius 2 is 2.17 bits per heavy atom. The van der Waals surface area contributed by atoms with Crippen molar-refractivity contribution in [2.45, 2.75) is 26.2 Å². The molecule has 0 heterocycles. The van der Waals surface area contributed by atoms with Crippen LogP contribution in [0, 0.1) is 0 Å². The second-order valence-corrected chi connectivity index (χ2v) is 4.32. The fourth-order valence-corrected chi connectivity index (χ4v) is 1.81. The summed E-state index contributed by atoms with van der Waals surface area (Å²) in [6, 6.07) is 4.98. The second-order valence-electron chi connectivity index (χ2n) is 3.91. The van der Waals surface area contributed by atoms with E-state index in [0.29, 0.717) is 23.0 Å². The minimum atomic E-state index is -0.244. The van der Waals surface area contributed by atoms with Crippen molar-refractivity contribution < 1.29 is 9.53 Å². The average molecular weight is 271 g/mol. The second kappa shape index (κ2) is 7.82. The monoisotopic (exact) mass is 270 g/mol. The number of hydrogen-bond acceptors (Lipinski definition) is 2. The van der Waals surface area contributed by atoms with Crippen molar-refractivity contribution in [2.24, 2.45) is 0 Å². The van der Waals surface area contributed by atoms with E-state index < -0.39 is 0 Å². The van der Waals surface area contributed by atoms with Crippen LogP contribution < -0.4 is 15.4 Å². The largest absolute Gasteiger partial charge is 0.493 e. The maximum absolute atomic E-state index is 11.6. The van der Waals surface area contributed by atoms with E-state index in [-0.39, 0.29) is 6.03 Å². The molecule has 0 aliphatic rings. The number of halogens is 1. The van der Waals surface area contributed by atoms with Crippen LogP contribution in [0.25, 0.3) is 0 Å². The molecule has 4 nitrogen and oxygen atoms in total. The molecule has 0 aliphatic heterocycles. The first-order chi connectivity index (χ1) is 8.69. The number of nitrogens with one attached hydrogen (secondary N) is 2. The summed E-state index contributed by atoms with van der Waals surface area (Å²) in [4.78, 5) is 11.6. The predicted molar refractivity (Wildman–Crippen MR) is 74.6 cm³/mol. The van der Waals surface area contributed by atoms with E-state index in [0.717, 1.165) is 19.3 Å². The number of carbonyl (C=O) groups excluding carboxylic acids is 1. The Labute approximate surface area is 113 Å². The quantitative estimate of drug-likeness (QED) is 0.775. The molecule has 1 aromatic rings. The molecule has 0 spiro atoms. The molecule has 100 valence electrons. The van der Waals surface area contributed by atoms with Gasteiger partial charge in [-0.2, -0.15) is 0 Å². The lowest BCUT2D eigenvalue weighted by molar-refractivity contribution is 0.251. The number of urea groups is 1. The average Bonchev–Trinajstić information content (AvgIpc) is 2.35. The molecule has 0 aromatic heterocycles. The Morgan fingerprint density at radius 1 is 1.39 bits per heavy atom. The Morgan fingerprint density at radius 3 is 2.83 bits per heavy atom. The van der Waals surface area contributed by atoms with Crippen LogP contribution >= 0.6 is 11.6 Å². The molecule has 2 N–H and O–H groups in total. The Bertz CT molecular complexity index is 397. The standard InChI is InChI=1S/C13H19ClN2O2/c1-3-4-5-9-15-13(17)16-11-8-6-7-10(14)12(11)18-2/h6-8H,3-5,9H2,1-2H3,(H2,15,16,17). The van der Waals surface area contributed by atoms with E-state index >= 15 is 0 Å². The van der Waals surface area contributed by atoms with Crippen molar-refractivity contribution in [3.05, 3.63) is 23.2 Å². The maximum atomic E-state index is 11.6. The summed E-state index contributed by atoms with van der Waals surface area (Å²) in [7, 11) is 1.52. The highest BCUT2D eigenvalue weighted by molar-refractivity contribution is 6.32. The normalized spacial score (nSPS) is 9.94. The first kappa shape index (κ1) is 14.6. The first-order valence-electron chi connectivity index (χ1n) is 6.06. The van der Waals surface area contributed by atoms with Gasteiger partial charge in [-0.15, -0.1) is 0 Å². The maximum Gasteiger partial charge on any atom is 0.319 e. The molecule has 2 amide bonds. The Balaban J connectivity index is 2.51. The molecule has 0 fully saturated rings. The van der Waals surface area contributed by atoms with Crippen LogP contribution in [0.15, 0.2) is 18.2 Å². The van der Waals surface area contributed by atoms with E-state index in [1.807, 2.05) is 0 Å². The first-order valence-corrected chi connectivity index (χ1v) is 6.44. The van der Waals surface area contributed by atoms with Crippen LogP contribution in [0.2, 0.25) is 5.02 Å². The summed E-state index contributed by atoms with van der Waals surface area (Å²) in [5.41, 5.74) is 0.568. The van der Waals surface area contributed by atoms with Crippen molar-refractivity contribution in [3.63, 3.8) is 0 Å². The van der Waals surface area contributed by atoms with Gasteiger partial charge in [-0.1, -0.05) is 37.4 Å². The van der Waals surface area contributed by atoms with E-state index in [1.54, 1.807) is 18.2 Å². The van der Waals surface area contributed by atoms with Gasteiger partial charge in [-0.05, 0) is 18.6 Å². The summed E-state index contributed by atoms with van der Waals surface area (Å²) in [6.07, 6.45) is 3.22. The van der Waals surface area contributed by atoms with Gasteiger partial charge in [0, 0.05) is 6.54 Å². The van der Waals surface area contributed by atoms with Gasteiger partial charge in [0.15, 0.2) is 5.75 Å². The van der Waals surface area contributed by atoms with Crippen LogP contribution in [0.1, 0.15) is 26.2 Å². The molecule has 1 aromatic carbocycles. The lowest BCUT2D eigenvalue weighted by atomic mass is 10.2. The SMILES string of the molecule is CCCCCNC(=O)Nc1cccc(Cl)c1OC. The number of ether oxygens (including phenoxy) is 1. The molecule has 0 radical (unpaired) electrons. The van der Waals surface area contributed by atoms with Gasteiger partial charge in [-0.25, -0.2) is 4.79 Å². The van der Waals surface area contributed by atoms with Crippen LogP contribution in [-0.4, -0.2) is 19.7 Å². The van der Waals surface area contributed by atoms with Crippen molar-refractivity contribution in [2.75, 3.05) is 19.0 Å². The third kappa shape index (κ3) is 4.45. The summed E-state index contributed by atoms with van der Waals surface area (Å²) in [5, 5.41) is 5.98. The molecule has 0 unspecified atom stereocenters. The van der Waals surface area contributed by atoms with Crippen LogP contribution in [0.4, 0.5) is 10.5 Å². The molecule has 1 rings (SSSR count). The third-order valence-corrected chi connectivity index (χ3v) is 2.78. The van der Waals surface area contributed by atoms with E-state index in [9.17, 15) is 4.79 Å². The van der Waals surface area contributed by atoms with E-state index in [4.69, 9.17) is 16.3 Å². The van der Waals surface area contributed by atoms with Gasteiger partial charge in [0.05, 0.1) is 17.8 Å². The van der Waals surface area contributed by atoms with Crippen LogP contribution in [0.3, 0.4) is 0 Å². The zero-order valence-electron chi connectivity index (χ0n) is 10.8. The molecule has 5 heteroatoms. The number of unbranched alkanes of at least 4 members (excludes halogenated alkanes) is 2. The lowest BCUT2D eigenvalue weighted by Crippen LogP contribution is -2.29. The number of hydrogen-bond donors (Lipinski definition) is 2. The van der Waals surface area contributed by atoms with Crippen LogP contribution in [-0.2, 0) is 0 Å². The van der Waals surface area contributed by atoms with Crippen molar-refractivity contribution in [1.82, 2.24) is 5.32 Å². The number of anilines is 1. The van der Waals surface area contributed by atoms with Gasteiger partial charge < -0.3 is 15.4 Å². The fraction of sp³-hybridized carbons (Fsp3) is 0.462. The predicted octanol–water partition coefficient (Wildman–Crippen LogP) is 3.66. The molecule has 0 saturated heterocycles. The van der Waals surface area contributed by atoms with Crippen molar-refractivity contribution >= 4 is 23.3 Å². The molecule has 18 heavy (non-hydrogen) atoms. The zero-order valence-corrected chi connectivity index (χ0v) is 11.5. The van der Waals surface area contributed by atoms with Gasteiger partial charge in [0.2, 0.25) is 0 Å². The van der Waals surface area contributed by atoms with Gasteiger partial charge in [0.1, 0.15) is 0 Å². The van der Waals surface area contributed by atoms with Crippen molar-refractivity contribution in [1.29, 1.82) is 0 Å². The zero-order chi connectivity index (χ0) is 13.4.